The van der Waals surface area contributed by atoms with Crippen molar-refractivity contribution in [3.63, 3.8) is 0 Å². The first-order valence-corrected chi connectivity index (χ1v) is 9.34. The Kier molecular flexibility index (Phi) is 6.62. The van der Waals surface area contributed by atoms with E-state index in [0.717, 1.165) is 27.5 Å². The van der Waals surface area contributed by atoms with E-state index in [1.165, 1.54) is 0 Å². The van der Waals surface area contributed by atoms with Crippen molar-refractivity contribution in [2.24, 2.45) is 0 Å². The Morgan fingerprint density at radius 2 is 1.66 bits per heavy atom. The van der Waals surface area contributed by atoms with Crippen LogP contribution in [0.5, 0.6) is 23.0 Å². The molecule has 0 radical (unpaired) electrons. The lowest BCUT2D eigenvalue weighted by Crippen LogP contribution is -2.05. The standard InChI is InChI=1S/C24H26O5/c1-5-9-18-17(14-25)12-19-20(26-2)13-21(27-3)24(28-4)22(19)23(18)29-15-16-10-7-6-8-11-16/h5-8,10-13,25H,1,9,14-15H2,2-4H3. The number of ether oxygens (including phenoxy) is 4. The van der Waals surface area contributed by atoms with Gasteiger partial charge >= 0.3 is 0 Å². The lowest BCUT2D eigenvalue weighted by atomic mass is 9.95. The fourth-order valence-corrected chi connectivity index (χ4v) is 3.48. The molecule has 0 fully saturated rings. The van der Waals surface area contributed by atoms with Gasteiger partial charge in [0.25, 0.3) is 0 Å². The predicted molar refractivity (Wildman–Crippen MR) is 114 cm³/mol. The van der Waals surface area contributed by atoms with Crippen LogP contribution in [0.3, 0.4) is 0 Å². The summed E-state index contributed by atoms with van der Waals surface area (Å²) >= 11 is 0. The van der Waals surface area contributed by atoms with Crippen molar-refractivity contribution in [3.8, 4) is 23.0 Å². The van der Waals surface area contributed by atoms with Crippen molar-refractivity contribution in [1.29, 1.82) is 0 Å². The number of aliphatic hydroxyl groups excluding tert-OH is 1. The van der Waals surface area contributed by atoms with Gasteiger partial charge in [0.1, 0.15) is 18.1 Å². The molecule has 3 aromatic carbocycles. The third-order valence-electron chi connectivity index (χ3n) is 4.84. The summed E-state index contributed by atoms with van der Waals surface area (Å²) in [6, 6.07) is 13.6. The molecule has 0 aromatic heterocycles. The molecule has 152 valence electrons. The molecule has 0 spiro atoms. The highest BCUT2D eigenvalue weighted by molar-refractivity contribution is 6.01. The van der Waals surface area contributed by atoms with Gasteiger partial charge in [-0.3, -0.25) is 0 Å². The van der Waals surface area contributed by atoms with Crippen LogP contribution >= 0.6 is 0 Å². The minimum atomic E-state index is -0.127. The number of allylic oxidation sites excluding steroid dienone is 1. The number of methoxy groups -OCH3 is 3. The Balaban J connectivity index is 2.32. The first-order chi connectivity index (χ1) is 14.2. The van der Waals surface area contributed by atoms with E-state index in [0.29, 0.717) is 36.0 Å². The van der Waals surface area contributed by atoms with Crippen LogP contribution in [0.15, 0.2) is 55.1 Å². The van der Waals surface area contributed by atoms with Crippen molar-refractivity contribution >= 4 is 10.8 Å². The fourth-order valence-electron chi connectivity index (χ4n) is 3.48. The zero-order valence-electron chi connectivity index (χ0n) is 17.0. The molecular weight excluding hydrogens is 368 g/mol. The SMILES string of the molecule is C=CCc1c(CO)cc2c(OC)cc(OC)c(OC)c2c1OCc1ccccc1. The summed E-state index contributed by atoms with van der Waals surface area (Å²) in [6.45, 7) is 4.11. The summed E-state index contributed by atoms with van der Waals surface area (Å²) < 4.78 is 23.1. The molecule has 0 heterocycles. The minimum Gasteiger partial charge on any atom is -0.496 e. The van der Waals surface area contributed by atoms with Crippen LogP contribution in [0.2, 0.25) is 0 Å². The Hall–Kier alpha value is -3.18. The summed E-state index contributed by atoms with van der Waals surface area (Å²) in [5, 5.41) is 11.5. The van der Waals surface area contributed by atoms with Crippen LogP contribution in [0.25, 0.3) is 10.8 Å². The Morgan fingerprint density at radius 3 is 2.24 bits per heavy atom. The largest absolute Gasteiger partial charge is 0.496 e. The first kappa shape index (κ1) is 20.6. The smallest absolute Gasteiger partial charge is 0.172 e. The second-order valence-electron chi connectivity index (χ2n) is 6.51. The zero-order chi connectivity index (χ0) is 20.8. The average Bonchev–Trinajstić information content (AvgIpc) is 2.77. The van der Waals surface area contributed by atoms with Crippen LogP contribution in [-0.4, -0.2) is 26.4 Å². The molecule has 0 aliphatic carbocycles. The van der Waals surface area contributed by atoms with Gasteiger partial charge in [0.2, 0.25) is 0 Å². The van der Waals surface area contributed by atoms with Crippen molar-refractivity contribution in [3.05, 3.63) is 71.8 Å². The maximum atomic E-state index is 10.0. The summed E-state index contributed by atoms with van der Waals surface area (Å²) in [6.07, 6.45) is 2.33. The van der Waals surface area contributed by atoms with Crippen molar-refractivity contribution in [2.75, 3.05) is 21.3 Å². The molecule has 1 N–H and O–H groups in total. The molecule has 0 unspecified atom stereocenters. The normalized spacial score (nSPS) is 10.6. The maximum Gasteiger partial charge on any atom is 0.172 e. The van der Waals surface area contributed by atoms with E-state index in [9.17, 15) is 5.11 Å². The van der Waals surface area contributed by atoms with Gasteiger partial charge in [0, 0.05) is 17.0 Å². The van der Waals surface area contributed by atoms with E-state index in [1.54, 1.807) is 33.5 Å². The lowest BCUT2D eigenvalue weighted by molar-refractivity contribution is 0.276. The fraction of sp³-hybridized carbons (Fsp3) is 0.250. The first-order valence-electron chi connectivity index (χ1n) is 9.34. The number of rotatable bonds is 9. The van der Waals surface area contributed by atoms with Crippen LogP contribution in [0.4, 0.5) is 0 Å². The highest BCUT2D eigenvalue weighted by atomic mass is 16.5. The van der Waals surface area contributed by atoms with Crippen LogP contribution in [0.1, 0.15) is 16.7 Å². The second-order valence-corrected chi connectivity index (χ2v) is 6.51. The monoisotopic (exact) mass is 394 g/mol. The third-order valence-corrected chi connectivity index (χ3v) is 4.84. The van der Waals surface area contributed by atoms with Gasteiger partial charge in [0.15, 0.2) is 11.5 Å². The summed E-state index contributed by atoms with van der Waals surface area (Å²) in [4.78, 5) is 0. The molecule has 3 rings (SSSR count). The van der Waals surface area contributed by atoms with Gasteiger partial charge in [-0.15, -0.1) is 6.58 Å². The molecule has 0 atom stereocenters. The average molecular weight is 394 g/mol. The molecule has 5 heteroatoms. The summed E-state index contributed by atoms with van der Waals surface area (Å²) in [7, 11) is 4.78. The molecule has 0 saturated heterocycles. The van der Waals surface area contributed by atoms with Gasteiger partial charge in [-0.2, -0.15) is 0 Å². The molecule has 0 bridgehead atoms. The third kappa shape index (κ3) is 4.00. The summed E-state index contributed by atoms with van der Waals surface area (Å²) in [5.41, 5.74) is 2.65. The Bertz CT molecular complexity index is 996. The van der Waals surface area contributed by atoms with Gasteiger partial charge in [-0.1, -0.05) is 36.4 Å². The highest BCUT2D eigenvalue weighted by Gasteiger charge is 2.23. The zero-order valence-corrected chi connectivity index (χ0v) is 17.0. The van der Waals surface area contributed by atoms with Gasteiger partial charge < -0.3 is 24.1 Å². The summed E-state index contributed by atoms with van der Waals surface area (Å²) in [5.74, 6) is 2.34. The van der Waals surface area contributed by atoms with E-state index < -0.39 is 0 Å². The minimum absolute atomic E-state index is 0.127. The molecule has 0 amide bonds. The lowest BCUT2D eigenvalue weighted by Gasteiger charge is -2.21. The molecule has 0 aliphatic heterocycles. The predicted octanol–water partition coefficient (Wildman–Crippen LogP) is 4.67. The Labute approximate surface area is 171 Å². The van der Waals surface area contributed by atoms with Crippen molar-refractivity contribution in [2.45, 2.75) is 19.6 Å². The molecule has 3 aromatic rings. The van der Waals surface area contributed by atoms with Gasteiger partial charge in [0.05, 0.1) is 33.3 Å². The van der Waals surface area contributed by atoms with Crippen molar-refractivity contribution in [1.82, 2.24) is 0 Å². The van der Waals surface area contributed by atoms with Gasteiger partial charge in [-0.25, -0.2) is 0 Å². The topological polar surface area (TPSA) is 57.2 Å². The molecule has 0 aliphatic rings. The van der Waals surface area contributed by atoms with E-state index >= 15 is 0 Å². The quantitative estimate of drug-likeness (QED) is 0.535. The highest BCUT2D eigenvalue weighted by Crippen LogP contribution is 2.48. The molecular formula is C24H26O5. The molecule has 0 saturated carbocycles. The van der Waals surface area contributed by atoms with Crippen LogP contribution in [0, 0.1) is 0 Å². The van der Waals surface area contributed by atoms with Crippen molar-refractivity contribution < 1.29 is 24.1 Å². The molecule has 29 heavy (non-hydrogen) atoms. The Morgan fingerprint density at radius 1 is 0.931 bits per heavy atom. The van der Waals surface area contributed by atoms with E-state index in [4.69, 9.17) is 18.9 Å². The second kappa shape index (κ2) is 9.34. The number of aliphatic hydroxyl groups is 1. The van der Waals surface area contributed by atoms with Crippen LogP contribution < -0.4 is 18.9 Å². The number of benzene rings is 3. The maximum absolute atomic E-state index is 10.0. The molecule has 5 nitrogen and oxygen atoms in total. The van der Waals surface area contributed by atoms with E-state index in [2.05, 4.69) is 6.58 Å². The van der Waals surface area contributed by atoms with Gasteiger partial charge in [-0.05, 0) is 23.6 Å². The van der Waals surface area contributed by atoms with E-state index in [1.807, 2.05) is 36.4 Å². The van der Waals surface area contributed by atoms with E-state index in [-0.39, 0.29) is 6.61 Å². The number of hydrogen-bond acceptors (Lipinski definition) is 5. The number of fused-ring (bicyclic) bond motifs is 1. The number of hydrogen-bond donors (Lipinski definition) is 1. The van der Waals surface area contributed by atoms with Crippen LogP contribution in [-0.2, 0) is 19.6 Å².